The van der Waals surface area contributed by atoms with Crippen molar-refractivity contribution in [2.45, 2.75) is 0 Å². The third kappa shape index (κ3) is 3.45. The van der Waals surface area contributed by atoms with Gasteiger partial charge < -0.3 is 0 Å². The van der Waals surface area contributed by atoms with E-state index in [1.807, 2.05) is 36.7 Å². The Morgan fingerprint density at radius 3 is 2.00 bits per heavy atom. The molecule has 0 radical (unpaired) electrons. The number of benzene rings is 4. The highest BCUT2D eigenvalue weighted by molar-refractivity contribution is 6.20. The molecule has 0 N–H and O–H groups in total. The summed E-state index contributed by atoms with van der Waals surface area (Å²) in [5, 5.41) is 2.27. The van der Waals surface area contributed by atoms with Gasteiger partial charge >= 0.3 is 0 Å². The van der Waals surface area contributed by atoms with Crippen LogP contribution >= 0.6 is 0 Å². The van der Waals surface area contributed by atoms with Gasteiger partial charge in [-0.1, -0.05) is 72.8 Å². The molecule has 0 spiro atoms. The van der Waals surface area contributed by atoms with Crippen molar-refractivity contribution >= 4 is 32.8 Å². The van der Waals surface area contributed by atoms with Gasteiger partial charge in [0.2, 0.25) is 0 Å². The summed E-state index contributed by atoms with van der Waals surface area (Å²) in [6, 6.07) is 41.9. The van der Waals surface area contributed by atoms with Crippen molar-refractivity contribution in [3.8, 4) is 34.0 Å². The van der Waals surface area contributed by atoms with Gasteiger partial charge in [0.25, 0.3) is 0 Å². The summed E-state index contributed by atoms with van der Waals surface area (Å²) in [5.41, 5.74) is 8.46. The average Bonchev–Trinajstić information content (AvgIpc) is 3.59. The van der Waals surface area contributed by atoms with Crippen molar-refractivity contribution in [2.75, 3.05) is 0 Å². The van der Waals surface area contributed by atoms with Crippen LogP contribution in [0.1, 0.15) is 0 Å². The fourth-order valence-corrected chi connectivity index (χ4v) is 5.68. The van der Waals surface area contributed by atoms with Crippen molar-refractivity contribution in [1.82, 2.24) is 24.1 Å². The van der Waals surface area contributed by atoms with Crippen molar-refractivity contribution in [3.63, 3.8) is 0 Å². The van der Waals surface area contributed by atoms with Gasteiger partial charge in [0.05, 0.1) is 22.1 Å². The normalized spacial score (nSPS) is 11.5. The van der Waals surface area contributed by atoms with Gasteiger partial charge in [-0.3, -0.25) is 14.1 Å². The predicted molar refractivity (Wildman–Crippen MR) is 162 cm³/mol. The molecule has 0 saturated heterocycles. The molecule has 0 aliphatic rings. The molecule has 4 heterocycles. The highest BCUT2D eigenvalue weighted by Gasteiger charge is 2.21. The van der Waals surface area contributed by atoms with Crippen LogP contribution in [0.5, 0.6) is 0 Å². The minimum Gasteiger partial charge on any atom is -0.294 e. The molecule has 188 valence electrons. The number of aromatic nitrogens is 5. The smallest absolute Gasteiger partial charge is 0.145 e. The van der Waals surface area contributed by atoms with Crippen LogP contribution in [0.15, 0.2) is 140 Å². The highest BCUT2D eigenvalue weighted by Crippen LogP contribution is 2.39. The number of nitrogens with zero attached hydrogens (tertiary/aromatic N) is 5. The highest BCUT2D eigenvalue weighted by atomic mass is 15.1. The van der Waals surface area contributed by atoms with E-state index in [2.05, 4.69) is 111 Å². The number of imidazole rings is 1. The number of hydrogen-bond acceptors (Lipinski definition) is 3. The van der Waals surface area contributed by atoms with E-state index in [0.29, 0.717) is 0 Å². The standard InChI is InChI=1S/C35H23N5/c1-3-10-24(11-4-1)35-38-34-31(39(35)27-13-5-2-6-14-27)19-18-30-33(34)28-15-7-8-16-29(28)40(30)32-20-17-26(23-37-32)25-12-9-21-36-22-25/h1-23H. The van der Waals surface area contributed by atoms with Crippen molar-refractivity contribution < 1.29 is 0 Å². The maximum absolute atomic E-state index is 5.32. The zero-order valence-electron chi connectivity index (χ0n) is 21.5. The maximum atomic E-state index is 5.32. The van der Waals surface area contributed by atoms with E-state index >= 15 is 0 Å². The fraction of sp³-hybridized carbons (Fsp3) is 0. The topological polar surface area (TPSA) is 48.5 Å². The molecule has 4 aromatic heterocycles. The molecular formula is C35H23N5. The largest absolute Gasteiger partial charge is 0.294 e. The van der Waals surface area contributed by atoms with Gasteiger partial charge in [-0.2, -0.15) is 0 Å². The van der Waals surface area contributed by atoms with Gasteiger partial charge in [-0.05, 0) is 48.5 Å². The molecule has 5 heteroatoms. The van der Waals surface area contributed by atoms with E-state index in [1.165, 1.54) is 0 Å². The van der Waals surface area contributed by atoms with Crippen LogP contribution < -0.4 is 0 Å². The molecule has 0 bridgehead atoms. The Bertz CT molecular complexity index is 2130. The first-order valence-corrected chi connectivity index (χ1v) is 13.3. The lowest BCUT2D eigenvalue weighted by molar-refractivity contribution is 1.08. The maximum Gasteiger partial charge on any atom is 0.145 e. The molecule has 0 fully saturated rings. The Morgan fingerprint density at radius 2 is 1.23 bits per heavy atom. The van der Waals surface area contributed by atoms with Crippen molar-refractivity contribution in [1.29, 1.82) is 0 Å². The van der Waals surface area contributed by atoms with Gasteiger partial charge in [0.15, 0.2) is 0 Å². The molecule has 0 amide bonds. The Balaban J connectivity index is 1.42. The molecular weight excluding hydrogens is 490 g/mol. The minimum absolute atomic E-state index is 0.865. The van der Waals surface area contributed by atoms with Crippen LogP contribution in [-0.2, 0) is 0 Å². The second-order valence-corrected chi connectivity index (χ2v) is 9.80. The number of rotatable bonds is 4. The van der Waals surface area contributed by atoms with Gasteiger partial charge in [-0.15, -0.1) is 0 Å². The third-order valence-electron chi connectivity index (χ3n) is 7.48. The zero-order chi connectivity index (χ0) is 26.5. The molecule has 0 saturated carbocycles. The summed E-state index contributed by atoms with van der Waals surface area (Å²) in [4.78, 5) is 14.5. The summed E-state index contributed by atoms with van der Waals surface area (Å²) in [6.45, 7) is 0. The molecule has 0 aliphatic heterocycles. The quantitative estimate of drug-likeness (QED) is 0.238. The third-order valence-corrected chi connectivity index (χ3v) is 7.48. The van der Waals surface area contributed by atoms with Crippen molar-refractivity contribution in [3.05, 3.63) is 140 Å². The van der Waals surface area contributed by atoms with Crippen LogP contribution in [0.4, 0.5) is 0 Å². The lowest BCUT2D eigenvalue weighted by Crippen LogP contribution is -1.98. The van der Waals surface area contributed by atoms with Crippen LogP contribution in [0.25, 0.3) is 66.9 Å². The summed E-state index contributed by atoms with van der Waals surface area (Å²) in [6.07, 6.45) is 5.57. The first-order valence-electron chi connectivity index (χ1n) is 13.3. The zero-order valence-corrected chi connectivity index (χ0v) is 21.5. The molecule has 0 atom stereocenters. The second kappa shape index (κ2) is 9.03. The number of para-hydroxylation sites is 2. The Hall–Kier alpha value is -5.55. The molecule has 8 rings (SSSR count). The minimum atomic E-state index is 0.865. The lowest BCUT2D eigenvalue weighted by atomic mass is 10.1. The summed E-state index contributed by atoms with van der Waals surface area (Å²) in [5.74, 6) is 1.79. The van der Waals surface area contributed by atoms with E-state index in [-0.39, 0.29) is 0 Å². The fourth-order valence-electron chi connectivity index (χ4n) is 5.68. The molecule has 0 aliphatic carbocycles. The van der Waals surface area contributed by atoms with E-state index in [4.69, 9.17) is 9.97 Å². The molecule has 40 heavy (non-hydrogen) atoms. The molecule has 5 nitrogen and oxygen atoms in total. The van der Waals surface area contributed by atoms with E-state index in [0.717, 1.165) is 66.9 Å². The predicted octanol–water partition coefficient (Wildman–Crippen LogP) is 8.25. The SMILES string of the molecule is c1ccc(-c2nc3c4c5ccccc5n(-c5ccc(-c6cccnc6)cn5)c4ccc3n2-c2ccccc2)cc1. The first-order chi connectivity index (χ1) is 19.9. The first kappa shape index (κ1) is 22.4. The van der Waals surface area contributed by atoms with Gasteiger partial charge in [0, 0.05) is 51.7 Å². The second-order valence-electron chi connectivity index (χ2n) is 9.80. The lowest BCUT2D eigenvalue weighted by Gasteiger charge is -2.10. The summed E-state index contributed by atoms with van der Waals surface area (Å²) in [7, 11) is 0. The van der Waals surface area contributed by atoms with Gasteiger partial charge in [0.1, 0.15) is 11.6 Å². The Labute approximate surface area is 230 Å². The average molecular weight is 514 g/mol. The van der Waals surface area contributed by atoms with Crippen LogP contribution in [0, 0.1) is 0 Å². The Morgan fingerprint density at radius 1 is 0.500 bits per heavy atom. The van der Waals surface area contributed by atoms with Crippen molar-refractivity contribution in [2.24, 2.45) is 0 Å². The molecule has 4 aromatic carbocycles. The van der Waals surface area contributed by atoms with Crippen LogP contribution in [-0.4, -0.2) is 24.1 Å². The molecule has 0 unspecified atom stereocenters. The van der Waals surface area contributed by atoms with Crippen LogP contribution in [0.3, 0.4) is 0 Å². The molecule has 8 aromatic rings. The summed E-state index contributed by atoms with van der Waals surface area (Å²) < 4.78 is 4.50. The van der Waals surface area contributed by atoms with E-state index < -0.39 is 0 Å². The number of pyridine rings is 2. The Kier molecular flexibility index (Phi) is 5.07. The number of fused-ring (bicyclic) bond motifs is 5. The monoisotopic (exact) mass is 513 g/mol. The summed E-state index contributed by atoms with van der Waals surface area (Å²) >= 11 is 0. The van der Waals surface area contributed by atoms with E-state index in [9.17, 15) is 0 Å². The number of hydrogen-bond donors (Lipinski definition) is 0. The van der Waals surface area contributed by atoms with E-state index in [1.54, 1.807) is 6.20 Å². The van der Waals surface area contributed by atoms with Crippen LogP contribution in [0.2, 0.25) is 0 Å². The van der Waals surface area contributed by atoms with Gasteiger partial charge in [-0.25, -0.2) is 9.97 Å².